The van der Waals surface area contributed by atoms with Gasteiger partial charge in [-0.1, -0.05) is 194 Å². The molecule has 0 amide bonds. The number of rotatable bonds is 9. The van der Waals surface area contributed by atoms with Crippen molar-refractivity contribution in [3.05, 3.63) is 224 Å². The summed E-state index contributed by atoms with van der Waals surface area (Å²) in [4.78, 5) is 34.1. The van der Waals surface area contributed by atoms with Crippen LogP contribution in [0.3, 0.4) is 0 Å². The first kappa shape index (κ1) is 37.5. The van der Waals surface area contributed by atoms with E-state index in [1.807, 2.05) is 152 Å². The van der Waals surface area contributed by atoms with E-state index in [0.29, 0.717) is 40.6 Å². The summed E-state index contributed by atoms with van der Waals surface area (Å²) >= 11 is 0. The molecule has 62 heavy (non-hydrogen) atoms. The Hall–Kier alpha value is -8.73. The van der Waals surface area contributed by atoms with E-state index < -0.39 is 0 Å². The Kier molecular flexibility index (Phi) is 10.2. The molecule has 0 N–H and O–H groups in total. The van der Waals surface area contributed by atoms with Crippen molar-refractivity contribution in [3.63, 3.8) is 0 Å². The molecule has 0 bridgehead atoms. The highest BCUT2D eigenvalue weighted by atomic mass is 15.0. The summed E-state index contributed by atoms with van der Waals surface area (Å²) in [6.45, 7) is 7.70. The second kappa shape index (κ2) is 16.9. The first-order chi connectivity index (χ1) is 30.7. The van der Waals surface area contributed by atoms with Crippen LogP contribution in [0.2, 0.25) is 0 Å². The van der Waals surface area contributed by atoms with E-state index in [1.165, 1.54) is 0 Å². The maximum atomic E-state index is 7.70. The molecule has 0 radical (unpaired) electrons. The summed E-state index contributed by atoms with van der Waals surface area (Å²) < 4.78 is 0. The lowest BCUT2D eigenvalue weighted by atomic mass is 9.88. The first-order valence-corrected chi connectivity index (χ1v) is 20.2. The molecule has 0 atom stereocenters. The van der Waals surface area contributed by atoms with Gasteiger partial charge in [0.15, 0.2) is 40.6 Å². The largest absolute Gasteiger partial charge is 0.238 e. The standard InChI is InChI=1S/C55H35N7/c1-56-45-31-27-38(28-32-45)48-36-44(54-59-50(39-19-9-3-10-20-39)57-51(60-54)40-21-11-4-12-22-40)30-33-46(48)49-35-43(37-17-7-2-8-18-37)29-34-47(49)55-61-52(41-23-13-5-14-24-41)58-53(62-55)42-25-15-6-16-26-42/h2-36H. The van der Waals surface area contributed by atoms with Crippen LogP contribution in [-0.4, -0.2) is 29.9 Å². The molecule has 0 unspecified atom stereocenters. The van der Waals surface area contributed by atoms with Gasteiger partial charge in [-0.25, -0.2) is 34.7 Å². The number of benzene rings is 8. The van der Waals surface area contributed by atoms with Gasteiger partial charge in [-0.05, 0) is 51.6 Å². The third-order valence-electron chi connectivity index (χ3n) is 10.6. The monoisotopic (exact) mass is 793 g/mol. The van der Waals surface area contributed by atoms with Crippen molar-refractivity contribution in [2.24, 2.45) is 0 Å². The summed E-state index contributed by atoms with van der Waals surface area (Å²) in [5.41, 5.74) is 11.6. The molecule has 0 spiro atoms. The zero-order chi connectivity index (χ0) is 41.7. The molecular formula is C55H35N7. The Morgan fingerprint density at radius 2 is 0.581 bits per heavy atom. The summed E-state index contributed by atoms with van der Waals surface area (Å²) in [5.74, 6) is 3.41. The molecule has 0 fully saturated rings. The lowest BCUT2D eigenvalue weighted by Gasteiger charge is -2.18. The van der Waals surface area contributed by atoms with Crippen molar-refractivity contribution in [1.82, 2.24) is 29.9 Å². The quantitative estimate of drug-likeness (QED) is 0.135. The van der Waals surface area contributed by atoms with Crippen LogP contribution in [0.5, 0.6) is 0 Å². The van der Waals surface area contributed by atoms with Gasteiger partial charge < -0.3 is 0 Å². The van der Waals surface area contributed by atoms with E-state index in [1.54, 1.807) is 0 Å². The van der Waals surface area contributed by atoms with Gasteiger partial charge in [0.1, 0.15) is 0 Å². The molecule has 0 saturated carbocycles. The first-order valence-electron chi connectivity index (χ1n) is 20.2. The van der Waals surface area contributed by atoms with E-state index >= 15 is 0 Å². The Morgan fingerprint density at radius 1 is 0.242 bits per heavy atom. The molecule has 2 aromatic heterocycles. The lowest BCUT2D eigenvalue weighted by molar-refractivity contribution is 1.07. The molecule has 0 aliphatic carbocycles. The Labute approximate surface area is 359 Å². The third kappa shape index (κ3) is 7.75. The van der Waals surface area contributed by atoms with E-state index in [4.69, 9.17) is 36.5 Å². The zero-order valence-electron chi connectivity index (χ0n) is 33.3. The molecular weight excluding hydrogens is 759 g/mol. The van der Waals surface area contributed by atoms with Crippen LogP contribution in [0.1, 0.15) is 0 Å². The number of nitrogens with zero attached hydrogens (tertiary/aromatic N) is 7. The van der Waals surface area contributed by atoms with Crippen molar-refractivity contribution in [3.8, 4) is 102 Å². The fourth-order valence-corrected chi connectivity index (χ4v) is 7.51. The highest BCUT2D eigenvalue weighted by molar-refractivity contribution is 5.94. The summed E-state index contributed by atoms with van der Waals surface area (Å²) in [6, 6.07) is 70.8. The number of hydrogen-bond donors (Lipinski definition) is 0. The van der Waals surface area contributed by atoms with Crippen molar-refractivity contribution in [2.45, 2.75) is 0 Å². The van der Waals surface area contributed by atoms with Crippen molar-refractivity contribution in [1.29, 1.82) is 0 Å². The number of hydrogen-bond acceptors (Lipinski definition) is 6. The fourth-order valence-electron chi connectivity index (χ4n) is 7.51. The molecule has 2 heterocycles. The van der Waals surface area contributed by atoms with Crippen molar-refractivity contribution >= 4 is 5.69 Å². The van der Waals surface area contributed by atoms with E-state index in [2.05, 4.69) is 65.5 Å². The minimum absolute atomic E-state index is 0.541. The van der Waals surface area contributed by atoms with Gasteiger partial charge in [0.2, 0.25) is 0 Å². The predicted octanol–water partition coefficient (Wildman–Crippen LogP) is 13.6. The zero-order valence-corrected chi connectivity index (χ0v) is 33.3. The highest BCUT2D eigenvalue weighted by Crippen LogP contribution is 2.42. The van der Waals surface area contributed by atoms with E-state index in [9.17, 15) is 0 Å². The Bertz CT molecular complexity index is 3090. The summed E-state index contributed by atoms with van der Waals surface area (Å²) in [7, 11) is 0. The predicted molar refractivity (Wildman–Crippen MR) is 248 cm³/mol. The van der Waals surface area contributed by atoms with Crippen LogP contribution in [-0.2, 0) is 0 Å². The van der Waals surface area contributed by atoms with Gasteiger partial charge in [0.25, 0.3) is 0 Å². The lowest BCUT2D eigenvalue weighted by Crippen LogP contribution is -2.02. The fraction of sp³-hybridized carbons (Fsp3) is 0. The molecule has 290 valence electrons. The third-order valence-corrected chi connectivity index (χ3v) is 10.6. The maximum absolute atomic E-state index is 7.70. The van der Waals surface area contributed by atoms with Gasteiger partial charge in [0, 0.05) is 33.4 Å². The summed E-state index contributed by atoms with van der Waals surface area (Å²) in [6.07, 6.45) is 0. The van der Waals surface area contributed by atoms with Gasteiger partial charge in [0.05, 0.1) is 6.57 Å². The van der Waals surface area contributed by atoms with Crippen molar-refractivity contribution in [2.75, 3.05) is 0 Å². The van der Waals surface area contributed by atoms with Crippen molar-refractivity contribution < 1.29 is 0 Å². The van der Waals surface area contributed by atoms with Crippen LogP contribution in [0.4, 0.5) is 5.69 Å². The summed E-state index contributed by atoms with van der Waals surface area (Å²) in [5, 5.41) is 0. The molecule has 0 aliphatic rings. The molecule has 0 aliphatic heterocycles. The van der Waals surface area contributed by atoms with Gasteiger partial charge in [-0.2, -0.15) is 0 Å². The number of aromatic nitrogens is 6. The minimum Gasteiger partial charge on any atom is -0.238 e. The molecule has 10 aromatic rings. The molecule has 7 nitrogen and oxygen atoms in total. The highest BCUT2D eigenvalue weighted by Gasteiger charge is 2.21. The van der Waals surface area contributed by atoms with E-state index in [-0.39, 0.29) is 0 Å². The van der Waals surface area contributed by atoms with Gasteiger partial charge in [-0.3, -0.25) is 0 Å². The molecule has 0 saturated heterocycles. The maximum Gasteiger partial charge on any atom is 0.187 e. The average Bonchev–Trinajstić information content (AvgIpc) is 3.37. The van der Waals surface area contributed by atoms with Crippen LogP contribution in [0, 0.1) is 6.57 Å². The van der Waals surface area contributed by atoms with Gasteiger partial charge in [-0.15, -0.1) is 0 Å². The Balaban J connectivity index is 1.22. The Morgan fingerprint density at radius 3 is 1.02 bits per heavy atom. The SMILES string of the molecule is [C-]#[N+]c1ccc(-c2cc(-c3nc(-c4ccccc4)nc(-c4ccccc4)n3)ccc2-c2cc(-c3ccccc3)ccc2-c2nc(-c3ccccc3)nc(-c3ccccc3)n2)cc1. The normalized spacial score (nSPS) is 10.9. The van der Waals surface area contributed by atoms with Gasteiger partial charge >= 0.3 is 0 Å². The topological polar surface area (TPSA) is 81.7 Å². The minimum atomic E-state index is 0.541. The second-order valence-corrected chi connectivity index (χ2v) is 14.6. The molecule has 8 aromatic carbocycles. The molecule has 10 rings (SSSR count). The smallest absolute Gasteiger partial charge is 0.187 e. The van der Waals surface area contributed by atoms with Crippen LogP contribution in [0.15, 0.2) is 212 Å². The van der Waals surface area contributed by atoms with Crippen LogP contribution in [0.25, 0.3) is 107 Å². The van der Waals surface area contributed by atoms with E-state index in [0.717, 1.165) is 66.8 Å². The van der Waals surface area contributed by atoms with Crippen LogP contribution < -0.4 is 0 Å². The second-order valence-electron chi connectivity index (χ2n) is 14.6. The molecule has 7 heteroatoms. The van der Waals surface area contributed by atoms with Crippen LogP contribution >= 0.6 is 0 Å². The average molecular weight is 794 g/mol.